The molecule has 0 bridgehead atoms. The number of rotatable bonds is 6. The van der Waals surface area contributed by atoms with Gasteiger partial charge < -0.3 is 15.8 Å². The molecule has 7 heteroatoms. The molecule has 0 unspecified atom stereocenters. The smallest absolute Gasteiger partial charge is 0.370 e. The number of nitrogens with two attached hydrogens (primary N) is 1. The van der Waals surface area contributed by atoms with E-state index in [2.05, 4.69) is 10.1 Å². The van der Waals surface area contributed by atoms with E-state index in [1.807, 2.05) is 0 Å². The van der Waals surface area contributed by atoms with Gasteiger partial charge in [0.15, 0.2) is 0 Å². The van der Waals surface area contributed by atoms with Crippen LogP contribution in [0.5, 0.6) is 0 Å². The van der Waals surface area contributed by atoms with Gasteiger partial charge in [-0.25, -0.2) is 0 Å². The van der Waals surface area contributed by atoms with Crippen molar-refractivity contribution >= 4 is 5.91 Å². The molecule has 0 spiro atoms. The molecule has 0 heterocycles. The SMILES string of the molecule is NCC1(C(=O)NCCOCC(F)(F)F)CCCCCC1. The van der Waals surface area contributed by atoms with Gasteiger partial charge in [-0.05, 0) is 12.8 Å². The quantitative estimate of drug-likeness (QED) is 0.582. The zero-order chi connectivity index (χ0) is 15.1. The minimum atomic E-state index is -4.33. The molecule has 1 amide bonds. The van der Waals surface area contributed by atoms with Gasteiger partial charge >= 0.3 is 6.18 Å². The maximum Gasteiger partial charge on any atom is 0.411 e. The van der Waals surface area contributed by atoms with E-state index in [4.69, 9.17) is 5.73 Å². The van der Waals surface area contributed by atoms with Crippen molar-refractivity contribution in [3.05, 3.63) is 0 Å². The summed E-state index contributed by atoms with van der Waals surface area (Å²) in [5, 5.41) is 2.65. The van der Waals surface area contributed by atoms with Crippen LogP contribution in [0.3, 0.4) is 0 Å². The van der Waals surface area contributed by atoms with Crippen molar-refractivity contribution in [3.63, 3.8) is 0 Å². The summed E-state index contributed by atoms with van der Waals surface area (Å²) in [6.45, 7) is -1.07. The summed E-state index contributed by atoms with van der Waals surface area (Å²) in [7, 11) is 0. The van der Waals surface area contributed by atoms with Crippen molar-refractivity contribution in [2.45, 2.75) is 44.7 Å². The van der Waals surface area contributed by atoms with Crippen LogP contribution in [0.2, 0.25) is 0 Å². The second-order valence-corrected chi connectivity index (χ2v) is 5.32. The Morgan fingerprint density at radius 1 is 1.20 bits per heavy atom. The van der Waals surface area contributed by atoms with E-state index in [1.165, 1.54) is 0 Å². The Morgan fingerprint density at radius 3 is 2.30 bits per heavy atom. The minimum Gasteiger partial charge on any atom is -0.370 e. The van der Waals surface area contributed by atoms with Crippen molar-refractivity contribution in [2.24, 2.45) is 11.1 Å². The second kappa shape index (κ2) is 7.83. The zero-order valence-corrected chi connectivity index (χ0v) is 11.6. The topological polar surface area (TPSA) is 64.4 Å². The number of hydrogen-bond acceptors (Lipinski definition) is 3. The first kappa shape index (κ1) is 17.2. The highest BCUT2D eigenvalue weighted by atomic mass is 19.4. The predicted molar refractivity (Wildman–Crippen MR) is 69.1 cm³/mol. The molecular formula is C13H23F3N2O2. The molecule has 0 aromatic rings. The van der Waals surface area contributed by atoms with Crippen LogP contribution in [0.1, 0.15) is 38.5 Å². The lowest BCUT2D eigenvalue weighted by Crippen LogP contribution is -2.46. The summed E-state index contributed by atoms with van der Waals surface area (Å²) in [6, 6.07) is 0. The largest absolute Gasteiger partial charge is 0.411 e. The lowest BCUT2D eigenvalue weighted by molar-refractivity contribution is -0.173. The van der Waals surface area contributed by atoms with Crippen LogP contribution in [-0.4, -0.2) is 38.4 Å². The van der Waals surface area contributed by atoms with Crippen molar-refractivity contribution in [1.29, 1.82) is 0 Å². The van der Waals surface area contributed by atoms with E-state index >= 15 is 0 Å². The third-order valence-electron chi connectivity index (χ3n) is 3.73. The van der Waals surface area contributed by atoms with Crippen molar-refractivity contribution in [1.82, 2.24) is 5.32 Å². The van der Waals surface area contributed by atoms with Gasteiger partial charge in [-0.2, -0.15) is 13.2 Å². The maximum atomic E-state index is 12.2. The number of nitrogens with one attached hydrogen (secondary N) is 1. The molecule has 1 aliphatic carbocycles. The minimum absolute atomic E-state index is 0.0800. The lowest BCUT2D eigenvalue weighted by Gasteiger charge is -2.29. The number of carbonyl (C=O) groups is 1. The number of carbonyl (C=O) groups excluding carboxylic acids is 1. The molecule has 20 heavy (non-hydrogen) atoms. The first-order chi connectivity index (χ1) is 9.40. The van der Waals surface area contributed by atoms with Gasteiger partial charge in [-0.1, -0.05) is 25.7 Å². The molecule has 0 saturated heterocycles. The van der Waals surface area contributed by atoms with E-state index in [1.54, 1.807) is 0 Å². The van der Waals surface area contributed by atoms with Gasteiger partial charge in [-0.3, -0.25) is 4.79 Å². The van der Waals surface area contributed by atoms with Gasteiger partial charge in [0.25, 0.3) is 0 Å². The standard InChI is InChI=1S/C13H23F3N2O2/c14-13(15,16)10-20-8-7-18-11(19)12(9-17)5-3-1-2-4-6-12/h1-10,17H2,(H,18,19). The van der Waals surface area contributed by atoms with E-state index in [0.717, 1.165) is 38.5 Å². The molecule has 1 aliphatic rings. The second-order valence-electron chi connectivity index (χ2n) is 5.32. The molecule has 0 atom stereocenters. The monoisotopic (exact) mass is 296 g/mol. The summed E-state index contributed by atoms with van der Waals surface area (Å²) in [5.41, 5.74) is 5.20. The van der Waals surface area contributed by atoms with Crippen molar-refractivity contribution in [2.75, 3.05) is 26.3 Å². The summed E-state index contributed by atoms with van der Waals surface area (Å²) in [5.74, 6) is -0.155. The molecule has 0 aromatic heterocycles. The summed E-state index contributed by atoms with van der Waals surface area (Å²) >= 11 is 0. The van der Waals surface area contributed by atoms with Crippen LogP contribution in [0.25, 0.3) is 0 Å². The summed E-state index contributed by atoms with van der Waals surface area (Å²) in [4.78, 5) is 12.2. The van der Waals surface area contributed by atoms with Crippen LogP contribution in [0.15, 0.2) is 0 Å². The fourth-order valence-electron chi connectivity index (χ4n) is 2.54. The lowest BCUT2D eigenvalue weighted by atomic mass is 9.79. The van der Waals surface area contributed by atoms with E-state index in [-0.39, 0.29) is 25.6 Å². The van der Waals surface area contributed by atoms with Gasteiger partial charge in [0.05, 0.1) is 12.0 Å². The molecule has 3 N–H and O–H groups in total. The van der Waals surface area contributed by atoms with Crippen molar-refractivity contribution in [3.8, 4) is 0 Å². The van der Waals surface area contributed by atoms with Crippen molar-refractivity contribution < 1.29 is 22.7 Å². The Balaban J connectivity index is 2.32. The fourth-order valence-corrected chi connectivity index (χ4v) is 2.54. The Morgan fingerprint density at radius 2 is 1.80 bits per heavy atom. The number of halogens is 3. The van der Waals surface area contributed by atoms with E-state index in [9.17, 15) is 18.0 Å². The number of amides is 1. The van der Waals surface area contributed by atoms with Gasteiger partial charge in [0.1, 0.15) is 6.61 Å². The molecule has 4 nitrogen and oxygen atoms in total. The predicted octanol–water partition coefficient (Wildman–Crippen LogP) is 1.98. The normalized spacial score (nSPS) is 19.4. The molecule has 1 saturated carbocycles. The highest BCUT2D eigenvalue weighted by Crippen LogP contribution is 2.34. The highest BCUT2D eigenvalue weighted by molar-refractivity contribution is 5.82. The van der Waals surface area contributed by atoms with E-state index < -0.39 is 18.2 Å². The number of ether oxygens (including phenoxy) is 1. The third-order valence-corrected chi connectivity index (χ3v) is 3.73. The first-order valence-corrected chi connectivity index (χ1v) is 7.02. The molecule has 118 valence electrons. The van der Waals surface area contributed by atoms with E-state index in [0.29, 0.717) is 0 Å². The zero-order valence-electron chi connectivity index (χ0n) is 11.6. The van der Waals surface area contributed by atoms with Gasteiger partial charge in [0, 0.05) is 13.1 Å². The summed E-state index contributed by atoms with van der Waals surface area (Å²) < 4.78 is 40.0. The average Bonchev–Trinajstić information content (AvgIpc) is 2.63. The number of hydrogen-bond donors (Lipinski definition) is 2. The van der Waals surface area contributed by atoms with Crippen LogP contribution in [0.4, 0.5) is 13.2 Å². The third kappa shape index (κ3) is 5.66. The van der Waals surface area contributed by atoms with Crippen LogP contribution < -0.4 is 11.1 Å². The summed E-state index contributed by atoms with van der Waals surface area (Å²) in [6.07, 6.45) is 1.30. The van der Waals surface area contributed by atoms with Gasteiger partial charge in [-0.15, -0.1) is 0 Å². The van der Waals surface area contributed by atoms with Crippen LogP contribution in [-0.2, 0) is 9.53 Å². The van der Waals surface area contributed by atoms with Crippen LogP contribution >= 0.6 is 0 Å². The molecule has 1 rings (SSSR count). The highest BCUT2D eigenvalue weighted by Gasteiger charge is 2.36. The van der Waals surface area contributed by atoms with Crippen LogP contribution in [0, 0.1) is 5.41 Å². The maximum absolute atomic E-state index is 12.2. The fraction of sp³-hybridized carbons (Fsp3) is 0.923. The Bertz CT molecular complexity index is 300. The molecule has 0 aromatic carbocycles. The Hall–Kier alpha value is -0.820. The first-order valence-electron chi connectivity index (χ1n) is 7.02. The molecular weight excluding hydrogens is 273 g/mol. The van der Waals surface area contributed by atoms with Gasteiger partial charge in [0.2, 0.25) is 5.91 Å². The Kier molecular flexibility index (Phi) is 6.75. The molecule has 0 aliphatic heterocycles. The molecule has 1 fully saturated rings. The number of alkyl halides is 3. The molecule has 0 radical (unpaired) electrons. The average molecular weight is 296 g/mol. The Labute approximate surface area is 117 Å².